The summed E-state index contributed by atoms with van der Waals surface area (Å²) in [7, 11) is 0. The quantitative estimate of drug-likeness (QED) is 0.813. The first-order chi connectivity index (χ1) is 13.8. The second kappa shape index (κ2) is 9.17. The van der Waals surface area contributed by atoms with E-state index in [2.05, 4.69) is 5.32 Å². The third-order valence-electron chi connectivity index (χ3n) is 4.82. The van der Waals surface area contributed by atoms with Gasteiger partial charge < -0.3 is 19.7 Å². The van der Waals surface area contributed by atoms with Crippen LogP contribution in [0.2, 0.25) is 0 Å². The molecule has 29 heavy (non-hydrogen) atoms. The monoisotopic (exact) mass is 408 g/mol. The Balaban J connectivity index is 1.62. The Morgan fingerprint density at radius 2 is 1.72 bits per heavy atom. The Morgan fingerprint density at radius 3 is 2.41 bits per heavy atom. The maximum atomic E-state index is 14.1. The zero-order chi connectivity index (χ0) is 21.0. The Morgan fingerprint density at radius 1 is 1.00 bits per heavy atom. The number of hydrogen-bond acceptors (Lipinski definition) is 4. The molecule has 1 aliphatic heterocycles. The number of ether oxygens (including phenoxy) is 2. The van der Waals surface area contributed by atoms with E-state index in [1.54, 1.807) is 4.90 Å². The van der Waals surface area contributed by atoms with Gasteiger partial charge in [-0.15, -0.1) is 0 Å². The number of benzene rings is 2. The van der Waals surface area contributed by atoms with Crippen LogP contribution in [0.5, 0.6) is 5.75 Å². The third kappa shape index (κ3) is 5.20. The summed E-state index contributed by atoms with van der Waals surface area (Å²) in [4.78, 5) is 14.0. The molecule has 3 rings (SSSR count). The summed E-state index contributed by atoms with van der Waals surface area (Å²) in [6, 6.07) is 7.11. The SMILES string of the molecule is C[C@@H]1CNC[C@H](C)N1C(=O)OCc1cc(OCc2ccc(F)cc2F)ccc1F. The van der Waals surface area contributed by atoms with Crippen molar-refractivity contribution in [2.75, 3.05) is 13.1 Å². The predicted molar refractivity (Wildman–Crippen MR) is 101 cm³/mol. The Kier molecular flexibility index (Phi) is 6.64. The van der Waals surface area contributed by atoms with Crippen LogP contribution in [0.25, 0.3) is 0 Å². The summed E-state index contributed by atoms with van der Waals surface area (Å²) >= 11 is 0. The minimum Gasteiger partial charge on any atom is -0.489 e. The molecule has 2 aromatic rings. The van der Waals surface area contributed by atoms with Gasteiger partial charge in [-0.05, 0) is 44.2 Å². The summed E-state index contributed by atoms with van der Waals surface area (Å²) in [6.45, 7) is 4.75. The Bertz CT molecular complexity index is 868. The number of halogens is 3. The largest absolute Gasteiger partial charge is 0.489 e. The van der Waals surface area contributed by atoms with Crippen LogP contribution in [0.4, 0.5) is 18.0 Å². The highest BCUT2D eigenvalue weighted by Crippen LogP contribution is 2.21. The van der Waals surface area contributed by atoms with Crippen molar-refractivity contribution in [3.63, 3.8) is 0 Å². The van der Waals surface area contributed by atoms with Gasteiger partial charge in [-0.2, -0.15) is 0 Å². The number of carbonyl (C=O) groups is 1. The highest BCUT2D eigenvalue weighted by Gasteiger charge is 2.30. The van der Waals surface area contributed by atoms with E-state index in [9.17, 15) is 18.0 Å². The van der Waals surface area contributed by atoms with Gasteiger partial charge in [-0.1, -0.05) is 0 Å². The van der Waals surface area contributed by atoms with Gasteiger partial charge in [0, 0.05) is 42.4 Å². The fraction of sp³-hybridized carbons (Fsp3) is 0.381. The lowest BCUT2D eigenvalue weighted by molar-refractivity contribution is 0.0557. The molecular formula is C21H23F3N2O3. The smallest absolute Gasteiger partial charge is 0.410 e. The van der Waals surface area contributed by atoms with Crippen molar-refractivity contribution in [1.29, 1.82) is 0 Å². The van der Waals surface area contributed by atoms with Crippen molar-refractivity contribution in [3.8, 4) is 5.75 Å². The Labute approximate surface area is 167 Å². The molecule has 0 aromatic heterocycles. The number of amides is 1. The molecule has 1 N–H and O–H groups in total. The number of nitrogens with one attached hydrogen (secondary N) is 1. The highest BCUT2D eigenvalue weighted by molar-refractivity contribution is 5.68. The molecule has 1 fully saturated rings. The maximum absolute atomic E-state index is 14.1. The molecule has 0 spiro atoms. The number of piperazine rings is 1. The number of hydrogen-bond donors (Lipinski definition) is 1. The normalized spacial score (nSPS) is 19.1. The summed E-state index contributed by atoms with van der Waals surface area (Å²) in [6.07, 6.45) is -0.509. The molecule has 0 radical (unpaired) electrons. The van der Waals surface area contributed by atoms with Crippen LogP contribution in [0.3, 0.4) is 0 Å². The number of rotatable bonds is 5. The minimum absolute atomic E-state index is 0.0311. The lowest BCUT2D eigenvalue weighted by Crippen LogP contribution is -2.57. The van der Waals surface area contributed by atoms with Crippen LogP contribution in [0, 0.1) is 17.5 Å². The fourth-order valence-corrected chi connectivity index (χ4v) is 3.26. The van der Waals surface area contributed by atoms with Crippen molar-refractivity contribution in [3.05, 3.63) is 65.0 Å². The zero-order valence-corrected chi connectivity index (χ0v) is 16.3. The van der Waals surface area contributed by atoms with Gasteiger partial charge in [-0.3, -0.25) is 0 Å². The standard InChI is InChI=1S/C21H23F3N2O3/c1-13-9-25-10-14(2)26(13)21(27)29-12-16-7-18(5-6-19(16)23)28-11-15-3-4-17(22)8-20(15)24/h3-8,13-14,25H,9-12H2,1-2H3/t13-,14+. The van der Waals surface area contributed by atoms with Gasteiger partial charge in [0.1, 0.15) is 36.4 Å². The lowest BCUT2D eigenvalue weighted by atomic mass is 10.1. The van der Waals surface area contributed by atoms with Crippen LogP contribution in [-0.2, 0) is 18.0 Å². The molecule has 0 bridgehead atoms. The first kappa shape index (κ1) is 21.0. The molecule has 0 saturated carbocycles. The number of carbonyl (C=O) groups excluding carboxylic acids is 1. The van der Waals surface area contributed by atoms with Gasteiger partial charge in [0.05, 0.1) is 0 Å². The fourth-order valence-electron chi connectivity index (χ4n) is 3.26. The predicted octanol–water partition coefficient (Wildman–Crippen LogP) is 4.00. The second-order valence-corrected chi connectivity index (χ2v) is 7.10. The summed E-state index contributed by atoms with van der Waals surface area (Å²) in [5.41, 5.74) is 0.316. The highest BCUT2D eigenvalue weighted by atomic mass is 19.1. The van der Waals surface area contributed by atoms with Crippen molar-refractivity contribution in [2.24, 2.45) is 0 Å². The Hall–Kier alpha value is -2.74. The lowest BCUT2D eigenvalue weighted by Gasteiger charge is -2.38. The van der Waals surface area contributed by atoms with Crippen LogP contribution >= 0.6 is 0 Å². The van der Waals surface area contributed by atoms with Crippen LogP contribution in [-0.4, -0.2) is 36.2 Å². The molecule has 0 aliphatic carbocycles. The van der Waals surface area contributed by atoms with Gasteiger partial charge in [-0.25, -0.2) is 18.0 Å². The molecular weight excluding hydrogens is 385 g/mol. The van der Waals surface area contributed by atoms with Crippen molar-refractivity contribution in [1.82, 2.24) is 10.2 Å². The van der Waals surface area contributed by atoms with Crippen LogP contribution < -0.4 is 10.1 Å². The van der Waals surface area contributed by atoms with E-state index >= 15 is 0 Å². The van der Waals surface area contributed by atoms with Gasteiger partial charge in [0.15, 0.2) is 0 Å². The van der Waals surface area contributed by atoms with E-state index in [4.69, 9.17) is 9.47 Å². The van der Waals surface area contributed by atoms with Crippen LogP contribution in [0.15, 0.2) is 36.4 Å². The number of nitrogens with zero attached hydrogens (tertiary/aromatic N) is 1. The molecule has 2 atom stereocenters. The molecule has 1 heterocycles. The summed E-state index contributed by atoms with van der Waals surface area (Å²) < 4.78 is 51.6. The second-order valence-electron chi connectivity index (χ2n) is 7.10. The molecule has 2 aromatic carbocycles. The van der Waals surface area contributed by atoms with Gasteiger partial charge >= 0.3 is 6.09 Å². The van der Waals surface area contributed by atoms with Gasteiger partial charge in [0.2, 0.25) is 0 Å². The first-order valence-electron chi connectivity index (χ1n) is 9.36. The average molecular weight is 408 g/mol. The van der Waals surface area contributed by atoms with Crippen LogP contribution in [0.1, 0.15) is 25.0 Å². The molecule has 8 heteroatoms. The summed E-state index contributed by atoms with van der Waals surface area (Å²) in [5.74, 6) is -1.66. The molecule has 1 aliphatic rings. The molecule has 1 saturated heterocycles. The molecule has 5 nitrogen and oxygen atoms in total. The van der Waals surface area contributed by atoms with E-state index < -0.39 is 23.5 Å². The molecule has 156 valence electrons. The molecule has 0 unspecified atom stereocenters. The van der Waals surface area contributed by atoms with E-state index in [0.717, 1.165) is 12.1 Å². The average Bonchev–Trinajstić information content (AvgIpc) is 2.67. The minimum atomic E-state index is -0.722. The summed E-state index contributed by atoms with van der Waals surface area (Å²) in [5, 5.41) is 3.22. The topological polar surface area (TPSA) is 50.8 Å². The zero-order valence-electron chi connectivity index (χ0n) is 16.3. The van der Waals surface area contributed by atoms with Gasteiger partial charge in [0.25, 0.3) is 0 Å². The van der Waals surface area contributed by atoms with E-state index in [0.29, 0.717) is 13.1 Å². The van der Waals surface area contributed by atoms with E-state index in [1.165, 1.54) is 24.3 Å². The first-order valence-corrected chi connectivity index (χ1v) is 9.36. The van der Waals surface area contributed by atoms with E-state index in [-0.39, 0.29) is 42.2 Å². The van der Waals surface area contributed by atoms with Crippen molar-refractivity contribution < 1.29 is 27.4 Å². The third-order valence-corrected chi connectivity index (χ3v) is 4.82. The molecule has 1 amide bonds. The maximum Gasteiger partial charge on any atom is 0.410 e. The van der Waals surface area contributed by atoms with E-state index in [1.807, 2.05) is 13.8 Å². The van der Waals surface area contributed by atoms with Crippen molar-refractivity contribution >= 4 is 6.09 Å². The van der Waals surface area contributed by atoms with Crippen molar-refractivity contribution in [2.45, 2.75) is 39.1 Å².